The Kier molecular flexibility index (Phi) is 4.50. The molecule has 134 valence electrons. The largest absolute Gasteiger partial charge is 0.416 e. The number of halogens is 3. The molecule has 3 aromatic rings. The van der Waals surface area contributed by atoms with Crippen molar-refractivity contribution in [3.63, 3.8) is 0 Å². The van der Waals surface area contributed by atoms with Gasteiger partial charge >= 0.3 is 12.2 Å². The van der Waals surface area contributed by atoms with Gasteiger partial charge in [0.05, 0.1) is 28.0 Å². The van der Waals surface area contributed by atoms with E-state index in [9.17, 15) is 18.0 Å². The van der Waals surface area contributed by atoms with Crippen molar-refractivity contribution in [2.45, 2.75) is 20.0 Å². The molecule has 0 radical (unpaired) electrons. The van der Waals surface area contributed by atoms with Gasteiger partial charge in [-0.2, -0.15) is 13.2 Å². The number of hydrogen-bond acceptors (Lipinski definition) is 3. The van der Waals surface area contributed by atoms with Crippen LogP contribution in [0.4, 0.5) is 29.3 Å². The Morgan fingerprint density at radius 3 is 2.15 bits per heavy atom. The van der Waals surface area contributed by atoms with E-state index >= 15 is 0 Å². The molecule has 26 heavy (non-hydrogen) atoms. The summed E-state index contributed by atoms with van der Waals surface area (Å²) in [5.74, 6) is 0. The van der Waals surface area contributed by atoms with E-state index < -0.39 is 17.8 Å². The SMILES string of the molecule is Cc1nc2ccc(NC(=O)Nc3cccc(C(F)(F)F)c3)cc2nc1C. The summed E-state index contributed by atoms with van der Waals surface area (Å²) in [7, 11) is 0. The van der Waals surface area contributed by atoms with Crippen molar-refractivity contribution in [2.75, 3.05) is 10.6 Å². The van der Waals surface area contributed by atoms with E-state index in [0.717, 1.165) is 23.5 Å². The predicted molar refractivity (Wildman–Crippen MR) is 93.1 cm³/mol. The van der Waals surface area contributed by atoms with E-state index in [-0.39, 0.29) is 5.69 Å². The van der Waals surface area contributed by atoms with Gasteiger partial charge in [-0.15, -0.1) is 0 Å². The van der Waals surface area contributed by atoms with Gasteiger partial charge in [0.2, 0.25) is 0 Å². The number of rotatable bonds is 2. The Morgan fingerprint density at radius 2 is 1.50 bits per heavy atom. The Hall–Kier alpha value is -3.16. The minimum absolute atomic E-state index is 0.0457. The van der Waals surface area contributed by atoms with Crippen molar-refractivity contribution in [3.8, 4) is 0 Å². The van der Waals surface area contributed by atoms with Crippen LogP contribution in [0.25, 0.3) is 11.0 Å². The highest BCUT2D eigenvalue weighted by molar-refractivity contribution is 6.00. The molecule has 2 aromatic carbocycles. The standard InChI is InChI=1S/C18H15F3N4O/c1-10-11(2)23-16-9-14(6-7-15(16)22-10)25-17(26)24-13-5-3-4-12(8-13)18(19,20)21/h3-9H,1-2H3,(H2,24,25,26). The number of fused-ring (bicyclic) bond motifs is 1. The number of anilines is 2. The molecule has 0 fully saturated rings. The maximum atomic E-state index is 12.7. The van der Waals surface area contributed by atoms with E-state index in [1.54, 1.807) is 18.2 Å². The number of alkyl halides is 3. The van der Waals surface area contributed by atoms with E-state index in [4.69, 9.17) is 0 Å². The lowest BCUT2D eigenvalue weighted by Crippen LogP contribution is -2.19. The van der Waals surface area contributed by atoms with Crippen LogP contribution in [0.1, 0.15) is 17.0 Å². The van der Waals surface area contributed by atoms with Crippen molar-refractivity contribution in [3.05, 3.63) is 59.4 Å². The minimum Gasteiger partial charge on any atom is -0.308 e. The van der Waals surface area contributed by atoms with E-state index in [0.29, 0.717) is 16.7 Å². The Morgan fingerprint density at radius 1 is 0.885 bits per heavy atom. The molecule has 0 saturated carbocycles. The van der Waals surface area contributed by atoms with Gasteiger partial charge in [0.25, 0.3) is 0 Å². The van der Waals surface area contributed by atoms with Gasteiger partial charge in [0, 0.05) is 11.4 Å². The predicted octanol–water partition coefficient (Wildman–Crippen LogP) is 4.91. The number of carbonyl (C=O) groups is 1. The number of aryl methyl sites for hydroxylation is 2. The molecular weight excluding hydrogens is 345 g/mol. The first-order valence-electron chi connectivity index (χ1n) is 7.72. The van der Waals surface area contributed by atoms with E-state index in [2.05, 4.69) is 20.6 Å². The second kappa shape index (κ2) is 6.62. The Labute approximate surface area is 147 Å². The summed E-state index contributed by atoms with van der Waals surface area (Å²) >= 11 is 0. The van der Waals surface area contributed by atoms with Crippen LogP contribution >= 0.6 is 0 Å². The summed E-state index contributed by atoms with van der Waals surface area (Å²) in [6.07, 6.45) is -4.47. The molecule has 5 nitrogen and oxygen atoms in total. The van der Waals surface area contributed by atoms with Gasteiger partial charge in [-0.3, -0.25) is 0 Å². The van der Waals surface area contributed by atoms with Crippen LogP contribution in [-0.2, 0) is 6.18 Å². The minimum atomic E-state index is -4.47. The third kappa shape index (κ3) is 3.90. The molecule has 2 N–H and O–H groups in total. The fourth-order valence-corrected chi connectivity index (χ4v) is 2.38. The molecule has 1 aromatic heterocycles. The average molecular weight is 360 g/mol. The van der Waals surface area contributed by atoms with Gasteiger partial charge in [0.15, 0.2) is 0 Å². The fourth-order valence-electron chi connectivity index (χ4n) is 2.38. The summed E-state index contributed by atoms with van der Waals surface area (Å²) in [4.78, 5) is 20.9. The summed E-state index contributed by atoms with van der Waals surface area (Å²) in [5, 5.41) is 4.96. The van der Waals surface area contributed by atoms with Crippen LogP contribution in [0.2, 0.25) is 0 Å². The number of hydrogen-bond donors (Lipinski definition) is 2. The topological polar surface area (TPSA) is 66.9 Å². The molecule has 0 bridgehead atoms. The normalized spacial score (nSPS) is 11.4. The zero-order valence-corrected chi connectivity index (χ0v) is 14.0. The maximum Gasteiger partial charge on any atom is 0.416 e. The number of carbonyl (C=O) groups excluding carboxylic acids is 1. The van der Waals surface area contributed by atoms with Crippen LogP contribution in [0, 0.1) is 13.8 Å². The van der Waals surface area contributed by atoms with Crippen LogP contribution in [0.15, 0.2) is 42.5 Å². The van der Waals surface area contributed by atoms with Crippen molar-refractivity contribution < 1.29 is 18.0 Å². The third-order valence-electron chi connectivity index (χ3n) is 3.78. The summed E-state index contributed by atoms with van der Waals surface area (Å²) < 4.78 is 38.2. The van der Waals surface area contributed by atoms with Crippen LogP contribution in [0.3, 0.4) is 0 Å². The molecule has 3 rings (SSSR count). The molecule has 0 unspecified atom stereocenters. The molecule has 0 spiro atoms. The zero-order chi connectivity index (χ0) is 18.9. The van der Waals surface area contributed by atoms with Gasteiger partial charge in [-0.1, -0.05) is 6.07 Å². The lowest BCUT2D eigenvalue weighted by Gasteiger charge is -2.11. The first-order valence-corrected chi connectivity index (χ1v) is 7.72. The number of nitrogens with one attached hydrogen (secondary N) is 2. The van der Waals surface area contributed by atoms with Gasteiger partial charge in [-0.05, 0) is 50.2 Å². The maximum absolute atomic E-state index is 12.7. The number of benzene rings is 2. The molecule has 0 atom stereocenters. The van der Waals surface area contributed by atoms with Crippen molar-refractivity contribution in [1.29, 1.82) is 0 Å². The number of nitrogens with zero attached hydrogens (tertiary/aromatic N) is 2. The molecular formula is C18H15F3N4O. The molecule has 0 saturated heterocycles. The average Bonchev–Trinajstić information content (AvgIpc) is 2.55. The van der Waals surface area contributed by atoms with Crippen LogP contribution in [0.5, 0.6) is 0 Å². The van der Waals surface area contributed by atoms with Gasteiger partial charge < -0.3 is 10.6 Å². The Bertz CT molecular complexity index is 986. The quantitative estimate of drug-likeness (QED) is 0.682. The molecule has 0 aliphatic rings. The van der Waals surface area contributed by atoms with Crippen molar-refractivity contribution >= 4 is 28.4 Å². The first kappa shape index (κ1) is 17.7. The lowest BCUT2D eigenvalue weighted by molar-refractivity contribution is -0.137. The fraction of sp³-hybridized carbons (Fsp3) is 0.167. The summed E-state index contributed by atoms with van der Waals surface area (Å²) in [6, 6.07) is 8.79. The first-order chi connectivity index (χ1) is 12.2. The second-order valence-corrected chi connectivity index (χ2v) is 5.76. The second-order valence-electron chi connectivity index (χ2n) is 5.76. The van der Waals surface area contributed by atoms with Crippen molar-refractivity contribution in [2.24, 2.45) is 0 Å². The number of urea groups is 1. The number of amides is 2. The van der Waals surface area contributed by atoms with Gasteiger partial charge in [-0.25, -0.2) is 14.8 Å². The van der Waals surface area contributed by atoms with Crippen LogP contribution < -0.4 is 10.6 Å². The lowest BCUT2D eigenvalue weighted by atomic mass is 10.2. The van der Waals surface area contributed by atoms with Crippen LogP contribution in [-0.4, -0.2) is 16.0 Å². The molecule has 2 amide bonds. The van der Waals surface area contributed by atoms with E-state index in [1.165, 1.54) is 12.1 Å². The Balaban J connectivity index is 1.76. The molecule has 8 heteroatoms. The van der Waals surface area contributed by atoms with E-state index in [1.807, 2.05) is 13.8 Å². The third-order valence-corrected chi connectivity index (χ3v) is 3.78. The molecule has 0 aliphatic carbocycles. The summed E-state index contributed by atoms with van der Waals surface area (Å²) in [5.41, 5.74) is 2.58. The smallest absolute Gasteiger partial charge is 0.308 e. The van der Waals surface area contributed by atoms with Crippen molar-refractivity contribution in [1.82, 2.24) is 9.97 Å². The highest BCUT2D eigenvalue weighted by Gasteiger charge is 2.30. The highest BCUT2D eigenvalue weighted by Crippen LogP contribution is 2.30. The number of aromatic nitrogens is 2. The van der Waals surface area contributed by atoms with Gasteiger partial charge in [0.1, 0.15) is 0 Å². The zero-order valence-electron chi connectivity index (χ0n) is 14.0. The highest BCUT2D eigenvalue weighted by atomic mass is 19.4. The monoisotopic (exact) mass is 360 g/mol. The molecule has 1 heterocycles. The summed E-state index contributed by atoms with van der Waals surface area (Å²) in [6.45, 7) is 3.69. The molecule has 0 aliphatic heterocycles.